The van der Waals surface area contributed by atoms with Gasteiger partial charge in [0.15, 0.2) is 0 Å². The molecule has 5 heteroatoms. The quantitative estimate of drug-likeness (QED) is 0.758. The molecule has 1 amide bonds. The van der Waals surface area contributed by atoms with Crippen molar-refractivity contribution < 1.29 is 14.7 Å². The van der Waals surface area contributed by atoms with Gasteiger partial charge in [-0.05, 0) is 17.7 Å². The Hall–Kier alpha value is -2.66. The van der Waals surface area contributed by atoms with Gasteiger partial charge in [-0.15, -0.1) is 0 Å². The highest BCUT2D eigenvalue weighted by Crippen LogP contribution is 2.12. The molecule has 21 heavy (non-hydrogen) atoms. The molecule has 0 aromatic heterocycles. The van der Waals surface area contributed by atoms with E-state index in [4.69, 9.17) is 0 Å². The van der Waals surface area contributed by atoms with E-state index in [2.05, 4.69) is 10.6 Å². The van der Waals surface area contributed by atoms with Crippen LogP contribution >= 0.6 is 0 Å². The van der Waals surface area contributed by atoms with Crippen LogP contribution in [0.25, 0.3) is 0 Å². The Labute approximate surface area is 122 Å². The smallest absolute Gasteiger partial charge is 0.325 e. The third-order valence-corrected chi connectivity index (χ3v) is 2.90. The van der Waals surface area contributed by atoms with Crippen molar-refractivity contribution in [2.45, 2.75) is 6.04 Å². The SMILES string of the molecule is O=C(CNC(C(=O)O)c1ccccc1)Nc1ccccc1. The predicted octanol–water partition coefficient (Wildman–Crippen LogP) is 2.04. The number of nitrogens with one attached hydrogen (secondary N) is 2. The van der Waals surface area contributed by atoms with Gasteiger partial charge >= 0.3 is 5.97 Å². The normalized spacial score (nSPS) is 11.6. The molecule has 1 unspecified atom stereocenters. The second kappa shape index (κ2) is 7.21. The first kappa shape index (κ1) is 14.7. The summed E-state index contributed by atoms with van der Waals surface area (Å²) in [4.78, 5) is 23.1. The fraction of sp³-hybridized carbons (Fsp3) is 0.125. The first-order valence-corrected chi connectivity index (χ1v) is 6.53. The van der Waals surface area contributed by atoms with Gasteiger partial charge in [0.2, 0.25) is 5.91 Å². The number of carbonyl (C=O) groups excluding carboxylic acids is 1. The van der Waals surface area contributed by atoms with E-state index in [9.17, 15) is 14.7 Å². The zero-order chi connectivity index (χ0) is 15.1. The molecule has 108 valence electrons. The molecule has 0 aliphatic rings. The van der Waals surface area contributed by atoms with Crippen molar-refractivity contribution in [3.8, 4) is 0 Å². The molecule has 3 N–H and O–H groups in total. The topological polar surface area (TPSA) is 78.4 Å². The van der Waals surface area contributed by atoms with Crippen molar-refractivity contribution in [3.63, 3.8) is 0 Å². The molecule has 0 fully saturated rings. The summed E-state index contributed by atoms with van der Waals surface area (Å²) in [5.74, 6) is -1.31. The Morgan fingerprint density at radius 3 is 2.10 bits per heavy atom. The molecule has 0 bridgehead atoms. The summed E-state index contributed by atoms with van der Waals surface area (Å²) >= 11 is 0. The first-order valence-electron chi connectivity index (χ1n) is 6.53. The van der Waals surface area contributed by atoms with E-state index in [0.29, 0.717) is 11.3 Å². The van der Waals surface area contributed by atoms with Crippen LogP contribution in [-0.2, 0) is 9.59 Å². The van der Waals surface area contributed by atoms with E-state index in [-0.39, 0.29) is 12.5 Å². The fourth-order valence-corrected chi connectivity index (χ4v) is 1.91. The zero-order valence-electron chi connectivity index (χ0n) is 11.3. The maximum absolute atomic E-state index is 11.8. The molecule has 0 aliphatic carbocycles. The molecule has 0 heterocycles. The Kier molecular flexibility index (Phi) is 5.06. The van der Waals surface area contributed by atoms with Crippen molar-refractivity contribution in [3.05, 3.63) is 66.2 Å². The van der Waals surface area contributed by atoms with Gasteiger partial charge in [-0.25, -0.2) is 0 Å². The van der Waals surface area contributed by atoms with Crippen LogP contribution in [0.1, 0.15) is 11.6 Å². The maximum Gasteiger partial charge on any atom is 0.325 e. The molecule has 2 aromatic carbocycles. The van der Waals surface area contributed by atoms with Crippen molar-refractivity contribution in [1.29, 1.82) is 0 Å². The minimum absolute atomic E-state index is 0.0826. The molecule has 0 spiro atoms. The van der Waals surface area contributed by atoms with Crippen LogP contribution in [0.15, 0.2) is 60.7 Å². The molecule has 2 aromatic rings. The summed E-state index contributed by atoms with van der Waals surface area (Å²) in [5.41, 5.74) is 1.29. The van der Waals surface area contributed by atoms with Crippen LogP contribution in [-0.4, -0.2) is 23.5 Å². The molecule has 0 saturated carbocycles. The molecular weight excluding hydrogens is 268 g/mol. The summed E-state index contributed by atoms with van der Waals surface area (Å²) < 4.78 is 0. The number of benzene rings is 2. The minimum Gasteiger partial charge on any atom is -0.480 e. The Morgan fingerprint density at radius 2 is 1.52 bits per heavy atom. The van der Waals surface area contributed by atoms with Gasteiger partial charge in [0.1, 0.15) is 6.04 Å². The van der Waals surface area contributed by atoms with Crippen molar-refractivity contribution in [2.24, 2.45) is 0 Å². The van der Waals surface area contributed by atoms with Gasteiger partial charge in [-0.2, -0.15) is 0 Å². The lowest BCUT2D eigenvalue weighted by Crippen LogP contribution is -2.35. The van der Waals surface area contributed by atoms with Crippen LogP contribution in [0.5, 0.6) is 0 Å². The number of aliphatic carboxylic acids is 1. The third kappa shape index (κ3) is 4.43. The zero-order valence-corrected chi connectivity index (χ0v) is 11.3. The number of carbonyl (C=O) groups is 2. The highest BCUT2D eigenvalue weighted by Gasteiger charge is 2.19. The van der Waals surface area contributed by atoms with E-state index in [1.165, 1.54) is 0 Å². The molecule has 0 radical (unpaired) electrons. The predicted molar refractivity (Wildman–Crippen MR) is 79.9 cm³/mol. The molecule has 1 atom stereocenters. The summed E-state index contributed by atoms with van der Waals surface area (Å²) in [7, 11) is 0. The second-order valence-electron chi connectivity index (χ2n) is 4.48. The Balaban J connectivity index is 1.93. The molecule has 2 rings (SSSR count). The van der Waals surface area contributed by atoms with E-state index in [1.54, 1.807) is 36.4 Å². The number of carboxylic acids is 1. The van der Waals surface area contributed by atoms with Gasteiger partial charge in [0.05, 0.1) is 6.54 Å². The summed E-state index contributed by atoms with van der Waals surface area (Å²) in [6.45, 7) is -0.0826. The monoisotopic (exact) mass is 284 g/mol. The van der Waals surface area contributed by atoms with Gasteiger partial charge in [-0.1, -0.05) is 48.5 Å². The van der Waals surface area contributed by atoms with Crippen LogP contribution < -0.4 is 10.6 Å². The molecule has 0 saturated heterocycles. The number of hydrogen-bond donors (Lipinski definition) is 3. The standard InChI is InChI=1S/C16H16N2O3/c19-14(18-13-9-5-2-6-10-13)11-17-15(16(20)21)12-7-3-1-4-8-12/h1-10,15,17H,11H2,(H,18,19)(H,20,21). The lowest BCUT2D eigenvalue weighted by Gasteiger charge is -2.14. The number of rotatable bonds is 6. The summed E-state index contributed by atoms with van der Waals surface area (Å²) in [6, 6.07) is 16.9. The number of anilines is 1. The van der Waals surface area contributed by atoms with Crippen LogP contribution in [0.2, 0.25) is 0 Å². The molecule has 5 nitrogen and oxygen atoms in total. The lowest BCUT2D eigenvalue weighted by atomic mass is 10.1. The molecule has 0 aliphatic heterocycles. The highest BCUT2D eigenvalue weighted by molar-refractivity contribution is 5.92. The summed E-state index contributed by atoms with van der Waals surface area (Å²) in [5, 5.41) is 14.7. The van der Waals surface area contributed by atoms with Crippen molar-refractivity contribution in [1.82, 2.24) is 5.32 Å². The number of amides is 1. The van der Waals surface area contributed by atoms with Crippen LogP contribution in [0.4, 0.5) is 5.69 Å². The van der Waals surface area contributed by atoms with Gasteiger partial charge < -0.3 is 10.4 Å². The maximum atomic E-state index is 11.8. The van der Waals surface area contributed by atoms with Crippen molar-refractivity contribution in [2.75, 3.05) is 11.9 Å². The first-order chi connectivity index (χ1) is 10.2. The fourth-order valence-electron chi connectivity index (χ4n) is 1.91. The lowest BCUT2D eigenvalue weighted by molar-refractivity contribution is -0.139. The number of para-hydroxylation sites is 1. The Bertz CT molecular complexity index is 599. The number of hydrogen-bond acceptors (Lipinski definition) is 3. The molecular formula is C16H16N2O3. The van der Waals surface area contributed by atoms with E-state index < -0.39 is 12.0 Å². The minimum atomic E-state index is -1.02. The van der Waals surface area contributed by atoms with Crippen LogP contribution in [0, 0.1) is 0 Å². The largest absolute Gasteiger partial charge is 0.480 e. The van der Waals surface area contributed by atoms with E-state index >= 15 is 0 Å². The highest BCUT2D eigenvalue weighted by atomic mass is 16.4. The van der Waals surface area contributed by atoms with Gasteiger partial charge in [0.25, 0.3) is 0 Å². The van der Waals surface area contributed by atoms with E-state index in [0.717, 1.165) is 0 Å². The van der Waals surface area contributed by atoms with Gasteiger partial charge in [0, 0.05) is 5.69 Å². The number of carboxylic acid groups (broad SMARTS) is 1. The summed E-state index contributed by atoms with van der Waals surface area (Å²) in [6.07, 6.45) is 0. The third-order valence-electron chi connectivity index (χ3n) is 2.90. The van der Waals surface area contributed by atoms with Crippen LogP contribution in [0.3, 0.4) is 0 Å². The van der Waals surface area contributed by atoms with Gasteiger partial charge in [-0.3, -0.25) is 14.9 Å². The second-order valence-corrected chi connectivity index (χ2v) is 4.48. The Morgan fingerprint density at radius 1 is 0.952 bits per heavy atom. The average Bonchev–Trinajstić information content (AvgIpc) is 2.49. The van der Waals surface area contributed by atoms with Crippen molar-refractivity contribution >= 4 is 17.6 Å². The van der Waals surface area contributed by atoms with E-state index in [1.807, 2.05) is 24.3 Å². The average molecular weight is 284 g/mol.